The first-order valence-electron chi connectivity index (χ1n) is 10.3. The number of nitrogens with one attached hydrogen (secondary N) is 1. The summed E-state index contributed by atoms with van der Waals surface area (Å²) in [6.07, 6.45) is 0. The van der Waals surface area contributed by atoms with Crippen molar-refractivity contribution in [3.63, 3.8) is 0 Å². The molecule has 2 atom stereocenters. The Hall–Kier alpha value is -2.72. The summed E-state index contributed by atoms with van der Waals surface area (Å²) >= 11 is 1.42. The fraction of sp³-hybridized carbons (Fsp3) is 0.364. The molecule has 0 aliphatic carbocycles. The summed E-state index contributed by atoms with van der Waals surface area (Å²) in [5, 5.41) is 3.44. The van der Waals surface area contributed by atoms with Crippen LogP contribution in [0.25, 0.3) is 0 Å². The average Bonchev–Trinajstić information content (AvgIpc) is 3.27. The standard InChI is InChI=1S/C22H25N3O5S2/c1-3-30-18-10-6-16(7-11-18)25(22-24-19-13-32(27,28)14-20(19)31-22)12-21(26)23-15-4-8-17(29-2)9-5-15/h4-11,19-20H,3,12-14H2,1-2H3,(H,23,26)/t19-,20-/m0/s1. The summed E-state index contributed by atoms with van der Waals surface area (Å²) in [5.41, 5.74) is 1.44. The second-order valence-electron chi connectivity index (χ2n) is 7.50. The second-order valence-corrected chi connectivity index (χ2v) is 10.9. The fourth-order valence-corrected chi connectivity index (χ4v) is 7.43. The number of hydrogen-bond donors (Lipinski definition) is 1. The molecule has 4 rings (SSSR count). The van der Waals surface area contributed by atoms with E-state index in [1.54, 1.807) is 31.4 Å². The Morgan fingerprint density at radius 1 is 1.12 bits per heavy atom. The van der Waals surface area contributed by atoms with Crippen LogP contribution in [-0.2, 0) is 14.6 Å². The van der Waals surface area contributed by atoms with Crippen LogP contribution in [0.15, 0.2) is 53.5 Å². The Labute approximate surface area is 191 Å². The first kappa shape index (κ1) is 22.5. The Morgan fingerprint density at radius 2 is 1.81 bits per heavy atom. The van der Waals surface area contributed by atoms with Crippen molar-refractivity contribution in [2.24, 2.45) is 4.99 Å². The molecule has 1 saturated heterocycles. The maximum Gasteiger partial charge on any atom is 0.244 e. The van der Waals surface area contributed by atoms with Crippen LogP contribution in [0.1, 0.15) is 6.92 Å². The number of thioether (sulfide) groups is 1. The molecule has 0 saturated carbocycles. The topological polar surface area (TPSA) is 97.3 Å². The number of carbonyl (C=O) groups is 1. The van der Waals surface area contributed by atoms with Gasteiger partial charge in [-0.05, 0) is 55.5 Å². The van der Waals surface area contributed by atoms with Crippen LogP contribution in [0.4, 0.5) is 11.4 Å². The van der Waals surface area contributed by atoms with Gasteiger partial charge < -0.3 is 19.7 Å². The highest BCUT2D eigenvalue weighted by molar-refractivity contribution is 8.15. The molecule has 0 aromatic heterocycles. The zero-order chi connectivity index (χ0) is 22.7. The Morgan fingerprint density at radius 3 is 2.44 bits per heavy atom. The zero-order valence-corrected chi connectivity index (χ0v) is 19.5. The summed E-state index contributed by atoms with van der Waals surface area (Å²) in [7, 11) is -1.47. The SMILES string of the molecule is CCOc1ccc(N(CC(=O)Nc2ccc(OC)cc2)C2=N[C@H]3CS(=O)(=O)C[C@@H]3S2)cc1. The molecule has 32 heavy (non-hydrogen) atoms. The van der Waals surface area contributed by atoms with Gasteiger partial charge in [-0.15, -0.1) is 0 Å². The number of fused-ring (bicyclic) bond motifs is 1. The number of aliphatic imine (C=N–C) groups is 1. The van der Waals surface area contributed by atoms with E-state index in [1.807, 2.05) is 36.1 Å². The molecule has 10 heteroatoms. The van der Waals surface area contributed by atoms with Gasteiger partial charge in [-0.3, -0.25) is 9.79 Å². The van der Waals surface area contributed by atoms with E-state index in [2.05, 4.69) is 10.3 Å². The number of benzene rings is 2. The van der Waals surface area contributed by atoms with Gasteiger partial charge in [-0.2, -0.15) is 0 Å². The third-order valence-electron chi connectivity index (χ3n) is 5.17. The van der Waals surface area contributed by atoms with Crippen LogP contribution in [-0.4, -0.2) is 62.6 Å². The van der Waals surface area contributed by atoms with Crippen LogP contribution in [0.3, 0.4) is 0 Å². The monoisotopic (exact) mass is 475 g/mol. The molecule has 1 N–H and O–H groups in total. The summed E-state index contributed by atoms with van der Waals surface area (Å²) in [5.74, 6) is 1.41. The summed E-state index contributed by atoms with van der Waals surface area (Å²) in [6.45, 7) is 2.52. The molecule has 2 aromatic rings. The number of methoxy groups -OCH3 is 1. The maximum absolute atomic E-state index is 12.9. The third kappa shape index (κ3) is 5.18. The number of anilines is 2. The Bertz CT molecular complexity index is 1100. The van der Waals surface area contributed by atoms with Gasteiger partial charge in [0.25, 0.3) is 0 Å². The van der Waals surface area contributed by atoms with Crippen molar-refractivity contribution in [2.45, 2.75) is 18.2 Å². The largest absolute Gasteiger partial charge is 0.497 e. The molecule has 0 spiro atoms. The van der Waals surface area contributed by atoms with Gasteiger partial charge in [0.05, 0.1) is 31.3 Å². The molecule has 2 aromatic carbocycles. The Kier molecular flexibility index (Phi) is 6.61. The molecular formula is C22H25N3O5S2. The van der Waals surface area contributed by atoms with Gasteiger partial charge in [0.15, 0.2) is 15.0 Å². The van der Waals surface area contributed by atoms with Gasteiger partial charge in [0.2, 0.25) is 5.91 Å². The number of amides is 1. The smallest absolute Gasteiger partial charge is 0.244 e. The molecule has 0 unspecified atom stereocenters. The molecule has 1 fully saturated rings. The second kappa shape index (κ2) is 9.41. The predicted molar refractivity (Wildman–Crippen MR) is 128 cm³/mol. The van der Waals surface area contributed by atoms with Crippen molar-refractivity contribution in [3.05, 3.63) is 48.5 Å². The maximum atomic E-state index is 12.9. The van der Waals surface area contributed by atoms with Crippen LogP contribution in [0.5, 0.6) is 11.5 Å². The quantitative estimate of drug-likeness (QED) is 0.658. The molecule has 2 aliphatic heterocycles. The number of nitrogens with zero attached hydrogens (tertiary/aromatic N) is 2. The molecule has 8 nitrogen and oxygen atoms in total. The van der Waals surface area contributed by atoms with Crippen molar-refractivity contribution in [2.75, 3.05) is 42.0 Å². The lowest BCUT2D eigenvalue weighted by Gasteiger charge is -2.24. The van der Waals surface area contributed by atoms with Crippen molar-refractivity contribution < 1.29 is 22.7 Å². The first-order chi connectivity index (χ1) is 15.4. The van der Waals surface area contributed by atoms with Gasteiger partial charge in [0, 0.05) is 16.6 Å². The van der Waals surface area contributed by atoms with Crippen LogP contribution >= 0.6 is 11.8 Å². The minimum Gasteiger partial charge on any atom is -0.497 e. The van der Waals surface area contributed by atoms with Crippen LogP contribution < -0.4 is 19.7 Å². The van der Waals surface area contributed by atoms with Gasteiger partial charge in [-0.25, -0.2) is 8.42 Å². The average molecular weight is 476 g/mol. The minimum absolute atomic E-state index is 0.0397. The van der Waals surface area contributed by atoms with Crippen LogP contribution in [0.2, 0.25) is 0 Å². The van der Waals surface area contributed by atoms with E-state index in [9.17, 15) is 13.2 Å². The zero-order valence-electron chi connectivity index (χ0n) is 17.9. The van der Waals surface area contributed by atoms with E-state index in [1.165, 1.54) is 11.8 Å². The number of rotatable bonds is 7. The molecular weight excluding hydrogens is 450 g/mol. The van der Waals surface area contributed by atoms with E-state index in [0.29, 0.717) is 23.2 Å². The lowest BCUT2D eigenvalue weighted by molar-refractivity contribution is -0.114. The van der Waals surface area contributed by atoms with Crippen LogP contribution in [0, 0.1) is 0 Å². The molecule has 2 aliphatic rings. The van der Waals surface area contributed by atoms with Gasteiger partial charge >= 0.3 is 0 Å². The Balaban J connectivity index is 1.54. The van der Waals surface area contributed by atoms with Crippen molar-refractivity contribution in [1.82, 2.24) is 0 Å². The highest BCUT2D eigenvalue weighted by Gasteiger charge is 2.44. The van der Waals surface area contributed by atoms with Crippen molar-refractivity contribution in [3.8, 4) is 11.5 Å². The van der Waals surface area contributed by atoms with E-state index in [0.717, 1.165) is 11.4 Å². The number of sulfone groups is 1. The van der Waals surface area contributed by atoms with E-state index < -0.39 is 9.84 Å². The van der Waals surface area contributed by atoms with Gasteiger partial charge in [0.1, 0.15) is 18.0 Å². The highest BCUT2D eigenvalue weighted by atomic mass is 32.2. The molecule has 1 amide bonds. The molecule has 2 heterocycles. The molecule has 0 bridgehead atoms. The third-order valence-corrected chi connectivity index (χ3v) is 8.42. The first-order valence-corrected chi connectivity index (χ1v) is 13.0. The lowest BCUT2D eigenvalue weighted by atomic mass is 10.2. The van der Waals surface area contributed by atoms with Crippen molar-refractivity contribution >= 4 is 44.0 Å². The van der Waals surface area contributed by atoms with Crippen molar-refractivity contribution in [1.29, 1.82) is 0 Å². The van der Waals surface area contributed by atoms with E-state index >= 15 is 0 Å². The molecule has 0 radical (unpaired) electrons. The fourth-order valence-electron chi connectivity index (χ4n) is 3.65. The number of amidine groups is 1. The summed E-state index contributed by atoms with van der Waals surface area (Å²) in [4.78, 5) is 19.3. The predicted octanol–water partition coefficient (Wildman–Crippen LogP) is 2.81. The number of hydrogen-bond acceptors (Lipinski definition) is 8. The minimum atomic E-state index is -3.05. The normalized spacial score (nSPS) is 20.9. The summed E-state index contributed by atoms with van der Waals surface area (Å²) in [6, 6.07) is 14.3. The lowest BCUT2D eigenvalue weighted by Crippen LogP contribution is -2.36. The van der Waals surface area contributed by atoms with E-state index in [4.69, 9.17) is 9.47 Å². The summed E-state index contributed by atoms with van der Waals surface area (Å²) < 4.78 is 34.5. The highest BCUT2D eigenvalue weighted by Crippen LogP contribution is 2.37. The number of carbonyl (C=O) groups excluding carboxylic acids is 1. The number of ether oxygens (including phenoxy) is 2. The van der Waals surface area contributed by atoms with Gasteiger partial charge in [-0.1, -0.05) is 11.8 Å². The molecule has 170 valence electrons. The van der Waals surface area contributed by atoms with E-state index in [-0.39, 0.29) is 35.2 Å².